The Hall–Kier alpha value is -1.40. The normalized spacial score (nSPS) is 10.2. The summed E-state index contributed by atoms with van der Waals surface area (Å²) in [4.78, 5) is 7.90. The van der Waals surface area contributed by atoms with Gasteiger partial charge in [0.05, 0.1) is 22.8 Å². The average molecular weight is 334 g/mol. The Morgan fingerprint density at radius 2 is 2.17 bits per heavy atom. The van der Waals surface area contributed by atoms with Crippen LogP contribution in [0, 0.1) is 5.82 Å². The van der Waals surface area contributed by atoms with Crippen LogP contribution in [0.3, 0.4) is 0 Å². The molecule has 4 nitrogen and oxygen atoms in total. The summed E-state index contributed by atoms with van der Waals surface area (Å²) in [5.41, 5.74) is 0. The lowest BCUT2D eigenvalue weighted by atomic mass is 10.3. The van der Waals surface area contributed by atoms with Crippen molar-refractivity contribution in [3.8, 4) is 17.6 Å². The van der Waals surface area contributed by atoms with Crippen LogP contribution in [0.4, 0.5) is 4.39 Å². The summed E-state index contributed by atoms with van der Waals surface area (Å²) in [5, 5.41) is 0.0247. The number of halogens is 3. The van der Waals surface area contributed by atoms with Crippen molar-refractivity contribution in [3.63, 3.8) is 0 Å². The molecular weight excluding hydrogens is 326 g/mol. The third-order valence-electron chi connectivity index (χ3n) is 1.98. The Kier molecular flexibility index (Phi) is 3.98. The van der Waals surface area contributed by atoms with Gasteiger partial charge in [0.25, 0.3) is 0 Å². The van der Waals surface area contributed by atoms with E-state index in [9.17, 15) is 4.39 Å². The summed E-state index contributed by atoms with van der Waals surface area (Å²) in [6.45, 7) is 0. The Bertz CT molecular complexity index is 583. The summed E-state index contributed by atoms with van der Waals surface area (Å²) in [6.07, 6.45) is 1.48. The van der Waals surface area contributed by atoms with E-state index in [0.717, 1.165) is 6.07 Å². The number of rotatable bonds is 3. The molecule has 0 fully saturated rings. The molecule has 0 spiro atoms. The monoisotopic (exact) mass is 332 g/mol. The first-order valence-corrected chi connectivity index (χ1v) is 5.96. The molecule has 0 aliphatic carbocycles. The van der Waals surface area contributed by atoms with Crippen molar-refractivity contribution in [2.24, 2.45) is 0 Å². The summed E-state index contributed by atoms with van der Waals surface area (Å²) in [5.74, 6) is 0.00829. The highest BCUT2D eigenvalue weighted by atomic mass is 79.9. The van der Waals surface area contributed by atoms with Gasteiger partial charge in [0.1, 0.15) is 11.6 Å². The van der Waals surface area contributed by atoms with Crippen LogP contribution in [-0.2, 0) is 0 Å². The molecule has 0 aliphatic heterocycles. The van der Waals surface area contributed by atoms with Gasteiger partial charge >= 0.3 is 6.01 Å². The van der Waals surface area contributed by atoms with Crippen LogP contribution in [0.25, 0.3) is 0 Å². The standard InChI is InChI=1S/C11H7BrClFN2O2/c1-17-10-7(12)5-15-11(16-10)18-6-2-3-8(13)9(14)4-6/h2-5H,1H3. The van der Waals surface area contributed by atoms with Crippen LogP contribution in [0.2, 0.25) is 5.02 Å². The smallest absolute Gasteiger partial charge is 0.325 e. The SMILES string of the molecule is COc1nc(Oc2ccc(Cl)c(F)c2)ncc1Br. The molecule has 0 N–H and O–H groups in total. The predicted molar refractivity (Wildman–Crippen MR) is 67.8 cm³/mol. The first kappa shape index (κ1) is 13.0. The molecule has 1 heterocycles. The molecule has 2 aromatic rings. The summed E-state index contributed by atoms with van der Waals surface area (Å²) < 4.78 is 24.1. The van der Waals surface area contributed by atoms with E-state index in [4.69, 9.17) is 21.1 Å². The lowest BCUT2D eigenvalue weighted by Gasteiger charge is -2.06. The molecule has 0 saturated heterocycles. The molecule has 0 atom stereocenters. The van der Waals surface area contributed by atoms with Crippen molar-refractivity contribution < 1.29 is 13.9 Å². The fourth-order valence-electron chi connectivity index (χ4n) is 1.17. The fraction of sp³-hybridized carbons (Fsp3) is 0.0909. The second-order valence-corrected chi connectivity index (χ2v) is 4.45. The van der Waals surface area contributed by atoms with Crippen LogP contribution in [0.15, 0.2) is 28.9 Å². The highest BCUT2D eigenvalue weighted by Crippen LogP contribution is 2.27. The lowest BCUT2D eigenvalue weighted by molar-refractivity contribution is 0.373. The van der Waals surface area contributed by atoms with E-state index in [2.05, 4.69) is 25.9 Å². The molecule has 7 heteroatoms. The van der Waals surface area contributed by atoms with E-state index >= 15 is 0 Å². The molecule has 94 valence electrons. The van der Waals surface area contributed by atoms with Gasteiger partial charge in [0.2, 0.25) is 5.88 Å². The zero-order chi connectivity index (χ0) is 13.1. The van der Waals surface area contributed by atoms with Gasteiger partial charge in [-0.3, -0.25) is 0 Å². The molecule has 18 heavy (non-hydrogen) atoms. The summed E-state index contributed by atoms with van der Waals surface area (Å²) in [7, 11) is 1.47. The average Bonchev–Trinajstić information content (AvgIpc) is 2.36. The first-order valence-electron chi connectivity index (χ1n) is 4.79. The zero-order valence-electron chi connectivity index (χ0n) is 9.15. The Balaban J connectivity index is 2.25. The second kappa shape index (κ2) is 5.49. The lowest BCUT2D eigenvalue weighted by Crippen LogP contribution is -1.96. The number of hydrogen-bond acceptors (Lipinski definition) is 4. The number of hydrogen-bond donors (Lipinski definition) is 0. The first-order chi connectivity index (χ1) is 8.60. The molecule has 1 aromatic carbocycles. The molecule has 0 saturated carbocycles. The molecule has 0 bridgehead atoms. The van der Waals surface area contributed by atoms with E-state index in [1.165, 1.54) is 25.4 Å². The Labute approximate surface area is 116 Å². The van der Waals surface area contributed by atoms with Gasteiger partial charge in [0, 0.05) is 6.07 Å². The van der Waals surface area contributed by atoms with E-state index in [1.54, 1.807) is 0 Å². The van der Waals surface area contributed by atoms with Crippen molar-refractivity contribution in [1.29, 1.82) is 0 Å². The highest BCUT2D eigenvalue weighted by molar-refractivity contribution is 9.10. The van der Waals surface area contributed by atoms with Crippen LogP contribution in [-0.4, -0.2) is 17.1 Å². The largest absolute Gasteiger partial charge is 0.480 e. The minimum absolute atomic E-state index is 0.0247. The van der Waals surface area contributed by atoms with E-state index in [0.29, 0.717) is 10.4 Å². The topological polar surface area (TPSA) is 44.2 Å². The van der Waals surface area contributed by atoms with Crippen molar-refractivity contribution in [1.82, 2.24) is 9.97 Å². The molecule has 0 aliphatic rings. The van der Waals surface area contributed by atoms with Crippen LogP contribution in [0.1, 0.15) is 0 Å². The molecule has 0 amide bonds. The number of ether oxygens (including phenoxy) is 2. The molecule has 2 rings (SSSR count). The summed E-state index contributed by atoms with van der Waals surface area (Å²) >= 11 is 8.78. The van der Waals surface area contributed by atoms with E-state index in [1.807, 2.05) is 0 Å². The van der Waals surface area contributed by atoms with Gasteiger partial charge in [-0.15, -0.1) is 0 Å². The third kappa shape index (κ3) is 2.88. The van der Waals surface area contributed by atoms with Gasteiger partial charge in [-0.2, -0.15) is 4.98 Å². The molecule has 1 aromatic heterocycles. The van der Waals surface area contributed by atoms with Crippen molar-refractivity contribution in [2.45, 2.75) is 0 Å². The molecular formula is C11H7BrClFN2O2. The van der Waals surface area contributed by atoms with E-state index < -0.39 is 5.82 Å². The van der Waals surface area contributed by atoms with Crippen molar-refractivity contribution >= 4 is 27.5 Å². The fourth-order valence-corrected chi connectivity index (χ4v) is 1.64. The maximum Gasteiger partial charge on any atom is 0.325 e. The molecule has 0 radical (unpaired) electrons. The number of methoxy groups -OCH3 is 1. The highest BCUT2D eigenvalue weighted by Gasteiger charge is 2.08. The zero-order valence-corrected chi connectivity index (χ0v) is 11.5. The van der Waals surface area contributed by atoms with E-state index in [-0.39, 0.29) is 16.8 Å². The number of benzene rings is 1. The Morgan fingerprint density at radius 3 is 2.83 bits per heavy atom. The minimum atomic E-state index is -0.571. The second-order valence-electron chi connectivity index (χ2n) is 3.19. The van der Waals surface area contributed by atoms with Crippen LogP contribution < -0.4 is 9.47 Å². The van der Waals surface area contributed by atoms with Crippen molar-refractivity contribution in [3.05, 3.63) is 39.7 Å². The number of aromatic nitrogens is 2. The summed E-state index contributed by atoms with van der Waals surface area (Å²) in [6, 6.07) is 4.11. The van der Waals surface area contributed by atoms with Crippen LogP contribution >= 0.6 is 27.5 Å². The Morgan fingerprint density at radius 1 is 1.39 bits per heavy atom. The third-order valence-corrected chi connectivity index (χ3v) is 2.83. The van der Waals surface area contributed by atoms with Crippen LogP contribution in [0.5, 0.6) is 17.6 Å². The maximum atomic E-state index is 13.2. The van der Waals surface area contributed by atoms with Gasteiger partial charge in [-0.25, -0.2) is 9.37 Å². The predicted octanol–water partition coefficient (Wildman–Crippen LogP) is 3.83. The minimum Gasteiger partial charge on any atom is -0.480 e. The van der Waals surface area contributed by atoms with Gasteiger partial charge in [-0.1, -0.05) is 11.6 Å². The van der Waals surface area contributed by atoms with Crippen molar-refractivity contribution in [2.75, 3.05) is 7.11 Å². The van der Waals surface area contributed by atoms with Gasteiger partial charge in [-0.05, 0) is 28.1 Å². The molecule has 0 unspecified atom stereocenters. The van der Waals surface area contributed by atoms with Gasteiger partial charge in [0.15, 0.2) is 0 Å². The van der Waals surface area contributed by atoms with Gasteiger partial charge < -0.3 is 9.47 Å². The maximum absolute atomic E-state index is 13.2. The quantitative estimate of drug-likeness (QED) is 0.856. The number of nitrogens with zero attached hydrogens (tertiary/aromatic N) is 2.